The summed E-state index contributed by atoms with van der Waals surface area (Å²) in [6, 6.07) is 5.61. The molecule has 3 atom stereocenters. The number of esters is 1. The Morgan fingerprint density at radius 2 is 2.32 bits per heavy atom. The molecule has 1 aliphatic carbocycles. The van der Waals surface area contributed by atoms with E-state index in [-0.39, 0.29) is 12.0 Å². The Morgan fingerprint density at radius 1 is 1.50 bits per heavy atom. The molecule has 0 bridgehead atoms. The smallest absolute Gasteiger partial charge is 0.330 e. The molecular weight excluding hydrogens is 344 g/mol. The van der Waals surface area contributed by atoms with Gasteiger partial charge in [-0.2, -0.15) is 5.10 Å². The number of halogens is 1. The number of ether oxygens (including phenoxy) is 1. The van der Waals surface area contributed by atoms with Crippen LogP contribution in [0.4, 0.5) is 0 Å². The third-order valence-electron chi connectivity index (χ3n) is 4.72. The second-order valence-electron chi connectivity index (χ2n) is 6.32. The van der Waals surface area contributed by atoms with Crippen molar-refractivity contribution in [3.05, 3.63) is 28.9 Å². The summed E-state index contributed by atoms with van der Waals surface area (Å²) in [5, 5.41) is 5.50. The standard InChI is InChI=1S/C17H21BrN2O2/c1-11-6-7-12(8-11)9-16(17(21)22-2)20-15-5-3-4-14(18)13(15)10-19-20/h3-5,10-12,16H,6-9H2,1-2H3/t11?,12-,16?/m0/s1. The lowest BCUT2D eigenvalue weighted by molar-refractivity contribution is -0.145. The lowest BCUT2D eigenvalue weighted by atomic mass is 9.97. The third-order valence-corrected chi connectivity index (χ3v) is 5.41. The molecule has 22 heavy (non-hydrogen) atoms. The Labute approximate surface area is 139 Å². The quantitative estimate of drug-likeness (QED) is 0.757. The Hall–Kier alpha value is -1.36. The van der Waals surface area contributed by atoms with E-state index in [0.717, 1.165) is 27.7 Å². The van der Waals surface area contributed by atoms with Crippen LogP contribution in [0.15, 0.2) is 28.9 Å². The van der Waals surface area contributed by atoms with Crippen LogP contribution in [0.5, 0.6) is 0 Å². The Morgan fingerprint density at radius 3 is 3.00 bits per heavy atom. The number of benzene rings is 1. The largest absolute Gasteiger partial charge is 0.467 e. The highest BCUT2D eigenvalue weighted by Crippen LogP contribution is 2.37. The SMILES string of the molecule is COC(=O)C(C[C@H]1CCC(C)C1)n1ncc2c(Br)cccc21. The number of carbonyl (C=O) groups is 1. The predicted molar refractivity (Wildman–Crippen MR) is 89.6 cm³/mol. The molecule has 3 rings (SSSR count). The lowest BCUT2D eigenvalue weighted by Crippen LogP contribution is -2.24. The summed E-state index contributed by atoms with van der Waals surface area (Å²) in [4.78, 5) is 12.3. The van der Waals surface area contributed by atoms with Gasteiger partial charge in [0.05, 0.1) is 18.8 Å². The van der Waals surface area contributed by atoms with Crippen LogP contribution in [-0.4, -0.2) is 22.9 Å². The summed E-state index contributed by atoms with van der Waals surface area (Å²) >= 11 is 3.54. The summed E-state index contributed by atoms with van der Waals surface area (Å²) in [6.45, 7) is 2.29. The number of fused-ring (bicyclic) bond motifs is 1. The average molecular weight is 365 g/mol. The minimum Gasteiger partial charge on any atom is -0.467 e. The zero-order valence-corrected chi connectivity index (χ0v) is 14.5. The highest BCUT2D eigenvalue weighted by molar-refractivity contribution is 9.10. The van der Waals surface area contributed by atoms with Gasteiger partial charge < -0.3 is 4.74 Å². The normalized spacial score (nSPS) is 22.9. The first kappa shape index (κ1) is 15.5. The van der Waals surface area contributed by atoms with Crippen molar-refractivity contribution in [3.8, 4) is 0 Å². The zero-order chi connectivity index (χ0) is 15.7. The van der Waals surface area contributed by atoms with Crippen LogP contribution in [0.25, 0.3) is 10.9 Å². The van der Waals surface area contributed by atoms with Gasteiger partial charge in [0.25, 0.3) is 0 Å². The third kappa shape index (κ3) is 2.91. The molecule has 118 valence electrons. The number of hydrogen-bond acceptors (Lipinski definition) is 3. The molecule has 1 aromatic carbocycles. The van der Waals surface area contributed by atoms with Crippen molar-refractivity contribution in [1.82, 2.24) is 9.78 Å². The van der Waals surface area contributed by atoms with Gasteiger partial charge in [-0.25, -0.2) is 4.79 Å². The van der Waals surface area contributed by atoms with Crippen molar-refractivity contribution in [2.75, 3.05) is 7.11 Å². The number of nitrogens with zero attached hydrogens (tertiary/aromatic N) is 2. The minimum atomic E-state index is -0.341. The summed E-state index contributed by atoms with van der Waals surface area (Å²) < 4.78 is 7.86. The van der Waals surface area contributed by atoms with Crippen LogP contribution in [-0.2, 0) is 9.53 Å². The fraction of sp³-hybridized carbons (Fsp3) is 0.529. The van der Waals surface area contributed by atoms with E-state index in [1.165, 1.54) is 26.4 Å². The molecule has 0 radical (unpaired) electrons. The van der Waals surface area contributed by atoms with Crippen molar-refractivity contribution >= 4 is 32.8 Å². The van der Waals surface area contributed by atoms with Gasteiger partial charge in [-0.05, 0) is 36.8 Å². The van der Waals surface area contributed by atoms with E-state index in [0.29, 0.717) is 5.92 Å². The van der Waals surface area contributed by atoms with Crippen molar-refractivity contribution in [2.45, 2.75) is 38.6 Å². The molecular formula is C17H21BrN2O2. The molecule has 4 nitrogen and oxygen atoms in total. The maximum Gasteiger partial charge on any atom is 0.330 e. The van der Waals surface area contributed by atoms with Crippen LogP contribution in [0.2, 0.25) is 0 Å². The van der Waals surface area contributed by atoms with Crippen LogP contribution in [0, 0.1) is 11.8 Å². The highest BCUT2D eigenvalue weighted by Gasteiger charge is 2.31. The second kappa shape index (κ2) is 6.41. The summed E-state index contributed by atoms with van der Waals surface area (Å²) in [5.74, 6) is 1.13. The van der Waals surface area contributed by atoms with Crippen molar-refractivity contribution < 1.29 is 9.53 Å². The van der Waals surface area contributed by atoms with Crippen LogP contribution < -0.4 is 0 Å². The fourth-order valence-electron chi connectivity index (χ4n) is 3.57. The fourth-order valence-corrected chi connectivity index (χ4v) is 4.03. The van der Waals surface area contributed by atoms with E-state index >= 15 is 0 Å². The minimum absolute atomic E-state index is 0.204. The Bertz CT molecular complexity index is 682. The number of carbonyl (C=O) groups excluding carboxylic acids is 1. The number of hydrogen-bond donors (Lipinski definition) is 0. The molecule has 2 aromatic rings. The van der Waals surface area contributed by atoms with Gasteiger partial charge in [0.1, 0.15) is 6.04 Å². The monoisotopic (exact) mass is 364 g/mol. The summed E-state index contributed by atoms with van der Waals surface area (Å²) in [5.41, 5.74) is 0.968. The molecule has 1 aromatic heterocycles. The highest BCUT2D eigenvalue weighted by atomic mass is 79.9. The summed E-state index contributed by atoms with van der Waals surface area (Å²) in [6.07, 6.45) is 6.25. The van der Waals surface area contributed by atoms with Gasteiger partial charge in [-0.1, -0.05) is 41.8 Å². The molecule has 1 fully saturated rings. The first-order chi connectivity index (χ1) is 10.6. The van der Waals surface area contributed by atoms with Gasteiger partial charge in [-0.3, -0.25) is 4.68 Å². The summed E-state index contributed by atoms with van der Waals surface area (Å²) in [7, 11) is 1.45. The topological polar surface area (TPSA) is 44.1 Å². The zero-order valence-electron chi connectivity index (χ0n) is 13.0. The van der Waals surface area contributed by atoms with Gasteiger partial charge in [-0.15, -0.1) is 0 Å². The van der Waals surface area contributed by atoms with Crippen molar-refractivity contribution in [2.24, 2.45) is 11.8 Å². The molecule has 1 heterocycles. The van der Waals surface area contributed by atoms with E-state index in [1.807, 2.05) is 29.1 Å². The van der Waals surface area contributed by atoms with Crippen molar-refractivity contribution in [1.29, 1.82) is 0 Å². The van der Waals surface area contributed by atoms with E-state index in [9.17, 15) is 4.79 Å². The van der Waals surface area contributed by atoms with Crippen LogP contribution >= 0.6 is 15.9 Å². The second-order valence-corrected chi connectivity index (χ2v) is 7.18. The van der Waals surface area contributed by atoms with Gasteiger partial charge >= 0.3 is 5.97 Å². The van der Waals surface area contributed by atoms with Crippen LogP contribution in [0.1, 0.15) is 38.6 Å². The Kier molecular flexibility index (Phi) is 4.52. The number of aromatic nitrogens is 2. The maximum absolute atomic E-state index is 12.3. The van der Waals surface area contributed by atoms with Gasteiger partial charge in [0, 0.05) is 9.86 Å². The molecule has 5 heteroatoms. The molecule has 0 N–H and O–H groups in total. The predicted octanol–water partition coefficient (Wildman–Crippen LogP) is 4.34. The number of rotatable bonds is 4. The van der Waals surface area contributed by atoms with Gasteiger partial charge in [0.15, 0.2) is 0 Å². The molecule has 1 aliphatic rings. The molecule has 0 amide bonds. The van der Waals surface area contributed by atoms with E-state index in [2.05, 4.69) is 28.0 Å². The molecule has 2 unspecified atom stereocenters. The average Bonchev–Trinajstić information content (AvgIpc) is 3.11. The lowest BCUT2D eigenvalue weighted by Gasteiger charge is -2.20. The molecule has 0 aliphatic heterocycles. The Balaban J connectivity index is 1.94. The van der Waals surface area contributed by atoms with Crippen molar-refractivity contribution in [3.63, 3.8) is 0 Å². The first-order valence-corrected chi connectivity index (χ1v) is 8.59. The first-order valence-electron chi connectivity index (χ1n) is 7.79. The molecule has 1 saturated carbocycles. The number of methoxy groups -OCH3 is 1. The molecule has 0 saturated heterocycles. The van der Waals surface area contributed by atoms with E-state index in [1.54, 1.807) is 0 Å². The van der Waals surface area contributed by atoms with Crippen LogP contribution in [0.3, 0.4) is 0 Å². The van der Waals surface area contributed by atoms with Gasteiger partial charge in [0.2, 0.25) is 0 Å². The molecule has 0 spiro atoms. The van der Waals surface area contributed by atoms with E-state index < -0.39 is 0 Å². The van der Waals surface area contributed by atoms with E-state index in [4.69, 9.17) is 4.74 Å². The maximum atomic E-state index is 12.3.